The Balaban J connectivity index is 1.97. The monoisotopic (exact) mass is 317 g/mol. The smallest absolute Gasteiger partial charge is 0.221 e. The number of rotatable bonds is 4. The summed E-state index contributed by atoms with van der Waals surface area (Å²) in [4.78, 5) is 13.3. The highest BCUT2D eigenvalue weighted by Gasteiger charge is 2.03. The van der Waals surface area contributed by atoms with Crippen molar-refractivity contribution in [2.24, 2.45) is 0 Å². The van der Waals surface area contributed by atoms with Crippen molar-refractivity contribution in [1.29, 1.82) is 0 Å². The predicted octanol–water partition coefficient (Wildman–Crippen LogP) is 3.34. The molecule has 2 aromatic rings. The van der Waals surface area contributed by atoms with Crippen molar-refractivity contribution in [3.05, 3.63) is 46.2 Å². The average molecular weight is 317 g/mol. The molecule has 0 spiro atoms. The van der Waals surface area contributed by atoms with Crippen molar-refractivity contribution in [2.45, 2.75) is 17.6 Å². The predicted molar refractivity (Wildman–Crippen MR) is 88.6 cm³/mol. The minimum atomic E-state index is -0.118. The molecule has 0 unspecified atom stereocenters. The van der Waals surface area contributed by atoms with Gasteiger partial charge in [-0.15, -0.1) is 23.1 Å². The van der Waals surface area contributed by atoms with E-state index in [-0.39, 0.29) is 12.5 Å². The number of thioether (sulfide) groups is 1. The number of nitrogens with one attached hydrogen (secondary N) is 1. The van der Waals surface area contributed by atoms with Crippen LogP contribution < -0.4 is 5.32 Å². The number of hydrogen-bond acceptors (Lipinski definition) is 4. The van der Waals surface area contributed by atoms with E-state index < -0.39 is 0 Å². The minimum absolute atomic E-state index is 0.0684. The van der Waals surface area contributed by atoms with Gasteiger partial charge in [-0.2, -0.15) is 0 Å². The quantitative estimate of drug-likeness (QED) is 0.671. The van der Waals surface area contributed by atoms with E-state index in [1.165, 1.54) is 11.8 Å². The topological polar surface area (TPSA) is 49.3 Å². The number of carbonyl (C=O) groups excluding carboxylic acids is 1. The van der Waals surface area contributed by atoms with Crippen molar-refractivity contribution in [3.63, 3.8) is 0 Å². The SMILES string of the molecule is CC(=O)Nc1ccc(SCc2sccc2C#CCO)cc1. The summed E-state index contributed by atoms with van der Waals surface area (Å²) >= 11 is 3.39. The molecule has 5 heteroatoms. The summed E-state index contributed by atoms with van der Waals surface area (Å²) in [6, 6.07) is 9.74. The average Bonchev–Trinajstić information content (AvgIpc) is 2.91. The van der Waals surface area contributed by atoms with E-state index in [1.54, 1.807) is 23.1 Å². The number of anilines is 1. The van der Waals surface area contributed by atoms with E-state index in [2.05, 4.69) is 17.2 Å². The molecule has 0 bridgehead atoms. The van der Waals surface area contributed by atoms with Gasteiger partial charge >= 0.3 is 0 Å². The van der Waals surface area contributed by atoms with Crippen molar-refractivity contribution < 1.29 is 9.90 Å². The van der Waals surface area contributed by atoms with Gasteiger partial charge in [0.25, 0.3) is 0 Å². The Morgan fingerprint density at radius 1 is 1.33 bits per heavy atom. The fraction of sp³-hybridized carbons (Fsp3) is 0.188. The molecule has 3 nitrogen and oxygen atoms in total. The summed E-state index contributed by atoms with van der Waals surface area (Å²) in [7, 11) is 0. The number of hydrogen-bond donors (Lipinski definition) is 2. The zero-order chi connectivity index (χ0) is 15.1. The zero-order valence-corrected chi connectivity index (χ0v) is 13.2. The molecule has 108 valence electrons. The Kier molecular flexibility index (Phi) is 5.88. The molecule has 1 aromatic carbocycles. The van der Waals surface area contributed by atoms with E-state index in [1.807, 2.05) is 35.7 Å². The van der Waals surface area contributed by atoms with Crippen LogP contribution in [-0.4, -0.2) is 17.6 Å². The molecule has 0 aliphatic rings. The van der Waals surface area contributed by atoms with E-state index >= 15 is 0 Å². The van der Waals surface area contributed by atoms with Gasteiger partial charge in [0.1, 0.15) is 6.61 Å². The Morgan fingerprint density at radius 3 is 2.76 bits per heavy atom. The van der Waals surface area contributed by atoms with Gasteiger partial charge in [-0.25, -0.2) is 0 Å². The molecule has 1 amide bonds. The van der Waals surface area contributed by atoms with Crippen LogP contribution >= 0.6 is 23.1 Å². The summed E-state index contributed by atoms with van der Waals surface area (Å²) in [6.07, 6.45) is 0. The molecular formula is C16H15NO2S2. The lowest BCUT2D eigenvalue weighted by Crippen LogP contribution is -2.05. The molecular weight excluding hydrogens is 302 g/mol. The van der Waals surface area contributed by atoms with E-state index in [9.17, 15) is 4.79 Å². The molecule has 0 atom stereocenters. The molecule has 21 heavy (non-hydrogen) atoms. The maximum atomic E-state index is 11.0. The van der Waals surface area contributed by atoms with Gasteiger partial charge < -0.3 is 10.4 Å². The number of amides is 1. The molecule has 0 aliphatic carbocycles. The first-order valence-corrected chi connectivity index (χ1v) is 8.22. The van der Waals surface area contributed by atoms with Gasteiger partial charge in [0.05, 0.1) is 0 Å². The molecule has 0 radical (unpaired) electrons. The maximum Gasteiger partial charge on any atom is 0.221 e. The first kappa shape index (κ1) is 15.6. The Morgan fingerprint density at radius 2 is 2.10 bits per heavy atom. The summed E-state index contributed by atoms with van der Waals surface area (Å²) in [5, 5.41) is 13.5. The number of aliphatic hydroxyl groups excluding tert-OH is 1. The van der Waals surface area contributed by atoms with Gasteiger partial charge in [-0.1, -0.05) is 11.8 Å². The normalized spacial score (nSPS) is 9.81. The first-order chi connectivity index (χ1) is 10.2. The van der Waals surface area contributed by atoms with Gasteiger partial charge in [0.2, 0.25) is 5.91 Å². The van der Waals surface area contributed by atoms with Crippen LogP contribution in [0.5, 0.6) is 0 Å². The lowest BCUT2D eigenvalue weighted by Gasteiger charge is -2.04. The van der Waals surface area contributed by atoms with Crippen LogP contribution in [-0.2, 0) is 10.5 Å². The lowest BCUT2D eigenvalue weighted by atomic mass is 10.3. The number of thiophene rings is 1. The highest BCUT2D eigenvalue weighted by Crippen LogP contribution is 2.28. The molecule has 0 aliphatic heterocycles. The molecule has 2 rings (SSSR count). The summed E-state index contributed by atoms with van der Waals surface area (Å²) in [6.45, 7) is 1.38. The Bertz CT molecular complexity index is 666. The van der Waals surface area contributed by atoms with Crippen LogP contribution in [0.1, 0.15) is 17.4 Å². The van der Waals surface area contributed by atoms with Crippen molar-refractivity contribution >= 4 is 34.7 Å². The molecule has 0 fully saturated rings. The van der Waals surface area contributed by atoms with E-state index in [0.29, 0.717) is 0 Å². The standard InChI is InChI=1S/C16H15NO2S2/c1-12(19)17-14-4-6-15(7-5-14)21-11-16-13(3-2-9-18)8-10-20-16/h4-8,10,18H,9,11H2,1H3,(H,17,19). The second-order valence-corrected chi connectivity index (χ2v) is 6.26. The highest BCUT2D eigenvalue weighted by atomic mass is 32.2. The van der Waals surface area contributed by atoms with Crippen LogP contribution in [0.25, 0.3) is 0 Å². The van der Waals surface area contributed by atoms with Crippen molar-refractivity contribution in [2.75, 3.05) is 11.9 Å². The molecule has 0 saturated heterocycles. The fourth-order valence-corrected chi connectivity index (χ4v) is 3.53. The Hall–Kier alpha value is -1.74. The van der Waals surface area contributed by atoms with Gasteiger partial charge in [0, 0.05) is 33.7 Å². The third-order valence-electron chi connectivity index (χ3n) is 2.59. The van der Waals surface area contributed by atoms with Gasteiger partial charge in [0.15, 0.2) is 0 Å². The van der Waals surface area contributed by atoms with E-state index in [0.717, 1.165) is 21.9 Å². The molecule has 0 saturated carbocycles. The minimum Gasteiger partial charge on any atom is -0.384 e. The van der Waals surface area contributed by atoms with Crippen LogP contribution in [0, 0.1) is 11.8 Å². The highest BCUT2D eigenvalue weighted by molar-refractivity contribution is 7.98. The largest absolute Gasteiger partial charge is 0.384 e. The van der Waals surface area contributed by atoms with Crippen LogP contribution in [0.2, 0.25) is 0 Å². The first-order valence-electron chi connectivity index (χ1n) is 6.35. The molecule has 2 N–H and O–H groups in total. The molecule has 1 aromatic heterocycles. The number of benzene rings is 1. The number of aliphatic hydroxyl groups is 1. The fourth-order valence-electron chi connectivity index (χ4n) is 1.69. The van der Waals surface area contributed by atoms with Crippen LogP contribution in [0.15, 0.2) is 40.6 Å². The number of carbonyl (C=O) groups is 1. The third kappa shape index (κ3) is 4.94. The van der Waals surface area contributed by atoms with Gasteiger partial charge in [-0.05, 0) is 35.7 Å². The zero-order valence-electron chi connectivity index (χ0n) is 11.6. The summed E-state index contributed by atoms with van der Waals surface area (Å²) in [5.41, 5.74) is 1.79. The maximum absolute atomic E-state index is 11.0. The third-order valence-corrected chi connectivity index (χ3v) is 4.73. The summed E-state index contributed by atoms with van der Waals surface area (Å²) < 4.78 is 0. The second-order valence-electron chi connectivity index (χ2n) is 4.21. The molecule has 1 heterocycles. The van der Waals surface area contributed by atoms with Crippen molar-refractivity contribution in [3.8, 4) is 11.8 Å². The lowest BCUT2D eigenvalue weighted by molar-refractivity contribution is -0.114. The van der Waals surface area contributed by atoms with Crippen molar-refractivity contribution in [1.82, 2.24) is 0 Å². The van der Waals surface area contributed by atoms with E-state index in [4.69, 9.17) is 5.11 Å². The second kappa shape index (κ2) is 7.89. The van der Waals surface area contributed by atoms with Crippen LogP contribution in [0.3, 0.4) is 0 Å². The van der Waals surface area contributed by atoms with Crippen LogP contribution in [0.4, 0.5) is 5.69 Å². The summed E-state index contributed by atoms with van der Waals surface area (Å²) in [5.74, 6) is 6.41. The Labute approximate surface area is 132 Å². The van der Waals surface area contributed by atoms with Gasteiger partial charge in [-0.3, -0.25) is 4.79 Å².